The van der Waals surface area contributed by atoms with Crippen molar-refractivity contribution in [2.75, 3.05) is 40.9 Å². The number of anilines is 3. The number of hydrogen-bond donors (Lipinski definition) is 2. The first kappa shape index (κ1) is 20.9. The van der Waals surface area contributed by atoms with Crippen LogP contribution in [0.15, 0.2) is 28.6 Å². The highest BCUT2D eigenvalue weighted by atomic mass is 32.2. The van der Waals surface area contributed by atoms with Crippen LogP contribution < -0.4 is 15.5 Å². The van der Waals surface area contributed by atoms with Gasteiger partial charge in [0.2, 0.25) is 11.0 Å². The summed E-state index contributed by atoms with van der Waals surface area (Å²) in [5.41, 5.74) is 2.07. The minimum absolute atomic E-state index is 0.0283. The highest BCUT2D eigenvalue weighted by molar-refractivity contribution is 8.01. The van der Waals surface area contributed by atoms with Crippen LogP contribution in [0, 0.1) is 5.92 Å². The summed E-state index contributed by atoms with van der Waals surface area (Å²) in [7, 11) is 0. The predicted octanol–water partition coefficient (Wildman–Crippen LogP) is 4.72. The molecule has 1 aromatic heterocycles. The number of amides is 1. The second-order valence-corrected chi connectivity index (χ2v) is 9.63. The van der Waals surface area contributed by atoms with E-state index in [9.17, 15) is 4.79 Å². The van der Waals surface area contributed by atoms with E-state index < -0.39 is 0 Å². The highest BCUT2D eigenvalue weighted by Gasteiger charge is 2.11. The number of aromatic nitrogens is 2. The van der Waals surface area contributed by atoms with Crippen molar-refractivity contribution >= 4 is 45.5 Å². The summed E-state index contributed by atoms with van der Waals surface area (Å²) in [6.07, 6.45) is 5.17. The summed E-state index contributed by atoms with van der Waals surface area (Å²) in [4.78, 5) is 14.7. The third-order valence-corrected chi connectivity index (χ3v) is 6.53. The number of benzene rings is 1. The fraction of sp³-hybridized carbons (Fsp3) is 0.550. The third-order valence-electron chi connectivity index (χ3n) is 4.52. The first-order chi connectivity index (χ1) is 13.6. The normalized spacial score (nSPS) is 14.8. The lowest BCUT2D eigenvalue weighted by Crippen LogP contribution is -2.23. The van der Waals surface area contributed by atoms with Gasteiger partial charge in [-0.1, -0.05) is 49.8 Å². The van der Waals surface area contributed by atoms with Crippen LogP contribution in [-0.2, 0) is 4.79 Å². The van der Waals surface area contributed by atoms with Crippen LogP contribution in [0.5, 0.6) is 0 Å². The number of carbonyl (C=O) groups is 1. The number of carbonyl (C=O) groups excluding carboxylic acids is 1. The molecule has 2 aromatic rings. The fourth-order valence-electron chi connectivity index (χ4n) is 3.04. The van der Waals surface area contributed by atoms with Gasteiger partial charge in [0, 0.05) is 31.0 Å². The van der Waals surface area contributed by atoms with Gasteiger partial charge in [-0.3, -0.25) is 4.79 Å². The average molecular weight is 420 g/mol. The lowest BCUT2D eigenvalue weighted by molar-refractivity contribution is -0.113. The molecule has 1 aliphatic heterocycles. The number of hydrogen-bond acceptors (Lipinski definition) is 7. The Morgan fingerprint density at radius 1 is 1.14 bits per heavy atom. The van der Waals surface area contributed by atoms with Crippen LogP contribution >= 0.6 is 23.1 Å². The van der Waals surface area contributed by atoms with Gasteiger partial charge in [-0.2, -0.15) is 0 Å². The Kier molecular flexibility index (Phi) is 7.97. The van der Waals surface area contributed by atoms with Crippen LogP contribution in [0.3, 0.4) is 0 Å². The van der Waals surface area contributed by atoms with Crippen molar-refractivity contribution in [2.24, 2.45) is 5.92 Å². The van der Waals surface area contributed by atoms with Crippen molar-refractivity contribution in [1.82, 2.24) is 10.2 Å². The minimum atomic E-state index is -0.0283. The average Bonchev–Trinajstić information content (AvgIpc) is 2.97. The van der Waals surface area contributed by atoms with Crippen molar-refractivity contribution in [3.63, 3.8) is 0 Å². The van der Waals surface area contributed by atoms with E-state index in [2.05, 4.69) is 51.7 Å². The van der Waals surface area contributed by atoms with Crippen LogP contribution in [0.4, 0.5) is 16.5 Å². The number of rotatable bonds is 8. The molecule has 0 saturated carbocycles. The molecule has 152 valence electrons. The minimum Gasteiger partial charge on any atom is -0.372 e. The Labute approximate surface area is 175 Å². The van der Waals surface area contributed by atoms with E-state index in [4.69, 9.17) is 0 Å². The Bertz CT molecular complexity index is 739. The van der Waals surface area contributed by atoms with Crippen molar-refractivity contribution in [3.8, 4) is 0 Å². The van der Waals surface area contributed by atoms with Crippen LogP contribution in [0.25, 0.3) is 0 Å². The monoisotopic (exact) mass is 419 g/mol. The maximum atomic E-state index is 12.2. The first-order valence-corrected chi connectivity index (χ1v) is 11.8. The molecule has 1 saturated heterocycles. The molecule has 2 N–H and O–H groups in total. The molecule has 1 aromatic carbocycles. The Morgan fingerprint density at radius 2 is 1.86 bits per heavy atom. The standard InChI is InChI=1S/C20H29N5OS2/c1-15(2)13-21-19-23-24-20(28-19)27-14-18(26)22-16-7-9-17(10-8-16)25-11-5-3-4-6-12-25/h7-10,15H,3-6,11-14H2,1-2H3,(H,21,23)(H,22,26). The summed E-state index contributed by atoms with van der Waals surface area (Å²) in [6.45, 7) is 7.41. The van der Waals surface area contributed by atoms with Gasteiger partial charge in [-0.05, 0) is 43.0 Å². The van der Waals surface area contributed by atoms with E-state index in [1.54, 1.807) is 0 Å². The molecule has 0 radical (unpaired) electrons. The lowest BCUT2D eigenvalue weighted by atomic mass is 10.2. The van der Waals surface area contributed by atoms with Crippen molar-refractivity contribution in [2.45, 2.75) is 43.9 Å². The molecule has 6 nitrogen and oxygen atoms in total. The molecule has 0 unspecified atom stereocenters. The van der Waals surface area contributed by atoms with E-state index in [-0.39, 0.29) is 5.91 Å². The molecule has 1 aliphatic rings. The van der Waals surface area contributed by atoms with Gasteiger partial charge in [-0.15, -0.1) is 10.2 Å². The van der Waals surface area contributed by atoms with E-state index in [1.165, 1.54) is 54.5 Å². The topological polar surface area (TPSA) is 70.1 Å². The first-order valence-electron chi connectivity index (χ1n) is 9.95. The molecular formula is C20H29N5OS2. The molecule has 3 rings (SSSR count). The molecule has 8 heteroatoms. The zero-order valence-corrected chi connectivity index (χ0v) is 18.2. The number of nitrogens with one attached hydrogen (secondary N) is 2. The fourth-order valence-corrected chi connectivity index (χ4v) is 4.60. The van der Waals surface area contributed by atoms with Crippen molar-refractivity contribution in [3.05, 3.63) is 24.3 Å². The summed E-state index contributed by atoms with van der Waals surface area (Å²) >= 11 is 2.90. The van der Waals surface area contributed by atoms with Gasteiger partial charge >= 0.3 is 0 Å². The quantitative estimate of drug-likeness (QED) is 0.604. The summed E-state index contributed by atoms with van der Waals surface area (Å²) in [6, 6.07) is 8.18. The van der Waals surface area contributed by atoms with Gasteiger partial charge in [0.1, 0.15) is 0 Å². The highest BCUT2D eigenvalue weighted by Crippen LogP contribution is 2.26. The van der Waals surface area contributed by atoms with Gasteiger partial charge in [0.25, 0.3) is 0 Å². The van der Waals surface area contributed by atoms with Crippen LogP contribution in [-0.4, -0.2) is 41.5 Å². The summed E-state index contributed by atoms with van der Waals surface area (Å²) in [5, 5.41) is 15.3. The van der Waals surface area contributed by atoms with Crippen LogP contribution in [0.2, 0.25) is 0 Å². The Morgan fingerprint density at radius 3 is 2.54 bits per heavy atom. The molecule has 1 amide bonds. The zero-order valence-electron chi connectivity index (χ0n) is 16.6. The maximum absolute atomic E-state index is 12.2. The molecule has 0 aliphatic carbocycles. The van der Waals surface area contributed by atoms with Gasteiger partial charge in [0.15, 0.2) is 4.34 Å². The summed E-state index contributed by atoms with van der Waals surface area (Å²) in [5.74, 6) is 0.850. The Balaban J connectivity index is 1.44. The van der Waals surface area contributed by atoms with Gasteiger partial charge in [-0.25, -0.2) is 0 Å². The van der Waals surface area contributed by atoms with E-state index in [0.717, 1.165) is 34.8 Å². The second kappa shape index (κ2) is 10.7. The van der Waals surface area contributed by atoms with E-state index in [1.807, 2.05) is 12.1 Å². The van der Waals surface area contributed by atoms with Gasteiger partial charge < -0.3 is 15.5 Å². The van der Waals surface area contributed by atoms with Gasteiger partial charge in [0.05, 0.1) is 5.75 Å². The number of nitrogens with zero attached hydrogens (tertiary/aromatic N) is 3. The number of thioether (sulfide) groups is 1. The third kappa shape index (κ3) is 6.67. The maximum Gasteiger partial charge on any atom is 0.234 e. The molecular weight excluding hydrogens is 390 g/mol. The molecule has 0 bridgehead atoms. The van der Waals surface area contributed by atoms with Crippen LogP contribution in [0.1, 0.15) is 39.5 Å². The molecule has 28 heavy (non-hydrogen) atoms. The molecule has 0 spiro atoms. The summed E-state index contributed by atoms with van der Waals surface area (Å²) < 4.78 is 0.804. The molecule has 0 atom stereocenters. The zero-order chi connectivity index (χ0) is 19.8. The SMILES string of the molecule is CC(C)CNc1nnc(SCC(=O)Nc2ccc(N3CCCCCC3)cc2)s1. The lowest BCUT2D eigenvalue weighted by Gasteiger charge is -2.22. The van der Waals surface area contributed by atoms with Crippen molar-refractivity contribution < 1.29 is 4.79 Å². The second-order valence-electron chi connectivity index (χ2n) is 7.43. The van der Waals surface area contributed by atoms with Crippen molar-refractivity contribution in [1.29, 1.82) is 0 Å². The molecule has 1 fully saturated rings. The van der Waals surface area contributed by atoms with E-state index >= 15 is 0 Å². The Hall–Kier alpha value is -1.80. The van der Waals surface area contributed by atoms with E-state index in [0.29, 0.717) is 11.7 Å². The smallest absolute Gasteiger partial charge is 0.234 e. The predicted molar refractivity (Wildman–Crippen MR) is 120 cm³/mol. The largest absolute Gasteiger partial charge is 0.372 e. The molecule has 2 heterocycles.